The molecule has 1 saturated carbocycles. The summed E-state index contributed by atoms with van der Waals surface area (Å²) in [4.78, 5) is 25.8. The first kappa shape index (κ1) is 17.9. The molecule has 2 aliphatic rings. The van der Waals surface area contributed by atoms with E-state index in [-0.39, 0.29) is 30.9 Å². The van der Waals surface area contributed by atoms with Crippen LogP contribution in [0.1, 0.15) is 43.2 Å². The van der Waals surface area contributed by atoms with Gasteiger partial charge in [-0.15, -0.1) is 0 Å². The fourth-order valence-corrected chi connectivity index (χ4v) is 4.19. The van der Waals surface area contributed by atoms with Gasteiger partial charge >= 0.3 is 5.97 Å². The highest BCUT2D eigenvalue weighted by molar-refractivity contribution is 5.80. The lowest BCUT2D eigenvalue weighted by atomic mass is 9.85. The first-order valence-corrected chi connectivity index (χ1v) is 8.96. The van der Waals surface area contributed by atoms with Crippen molar-refractivity contribution in [1.29, 1.82) is 0 Å². The van der Waals surface area contributed by atoms with Crippen molar-refractivity contribution < 1.29 is 19.1 Å². The summed E-state index contributed by atoms with van der Waals surface area (Å²) in [6, 6.07) is 4.51. The highest BCUT2D eigenvalue weighted by Gasteiger charge is 2.45. The van der Waals surface area contributed by atoms with Crippen LogP contribution in [-0.2, 0) is 16.1 Å². The predicted octanol–water partition coefficient (Wildman–Crippen LogP) is 2.47. The van der Waals surface area contributed by atoms with Gasteiger partial charge in [-0.25, -0.2) is 4.39 Å². The van der Waals surface area contributed by atoms with Crippen LogP contribution in [-0.4, -0.2) is 40.5 Å². The van der Waals surface area contributed by atoms with Crippen LogP contribution in [0.25, 0.3) is 0 Å². The number of rotatable bonds is 5. The minimum absolute atomic E-state index is 0.0898. The highest BCUT2D eigenvalue weighted by Crippen LogP contribution is 2.39. The molecule has 25 heavy (non-hydrogen) atoms. The lowest BCUT2D eigenvalue weighted by Gasteiger charge is -2.32. The number of hydrogen-bond acceptors (Lipinski definition) is 3. The summed E-state index contributed by atoms with van der Waals surface area (Å²) in [5.74, 6) is -0.961. The first-order chi connectivity index (χ1) is 12.0. The minimum atomic E-state index is -0.845. The third-order valence-corrected chi connectivity index (χ3v) is 5.56. The molecule has 0 unspecified atom stereocenters. The number of benzene rings is 1. The zero-order valence-corrected chi connectivity index (χ0v) is 14.5. The Morgan fingerprint density at radius 3 is 2.80 bits per heavy atom. The van der Waals surface area contributed by atoms with E-state index < -0.39 is 12.0 Å². The molecule has 2 N–H and O–H groups in total. The van der Waals surface area contributed by atoms with Crippen molar-refractivity contribution >= 4 is 11.9 Å². The van der Waals surface area contributed by atoms with Crippen LogP contribution in [0.2, 0.25) is 0 Å². The molecule has 0 bridgehead atoms. The molecular weight excluding hydrogens is 323 g/mol. The standard InChI is InChI=1S/C19H25FN2O3/c1-12-6-7-13(8-15(12)20)10-21-18(23)11-22-16-5-3-2-4-14(16)9-17(22)19(24)25/h6-8,14,16-17H,2-5,9-11H2,1H3,(H,21,23)(H,24,25)/t14-,16-,17+/m1/s1. The summed E-state index contributed by atoms with van der Waals surface area (Å²) in [7, 11) is 0. The number of carboxylic acids is 1. The van der Waals surface area contributed by atoms with Crippen molar-refractivity contribution in [2.75, 3.05) is 6.54 Å². The van der Waals surface area contributed by atoms with Gasteiger partial charge in [0.05, 0.1) is 6.54 Å². The molecule has 1 heterocycles. The van der Waals surface area contributed by atoms with Crippen LogP contribution < -0.4 is 5.32 Å². The number of likely N-dealkylation sites (tertiary alicyclic amines) is 1. The summed E-state index contributed by atoms with van der Waals surface area (Å²) in [6.45, 7) is 2.03. The Morgan fingerprint density at radius 2 is 2.08 bits per heavy atom. The lowest BCUT2D eigenvalue weighted by Crippen LogP contribution is -2.47. The number of nitrogens with zero attached hydrogens (tertiary/aromatic N) is 1. The molecule has 3 rings (SSSR count). The van der Waals surface area contributed by atoms with E-state index in [0.29, 0.717) is 23.5 Å². The second-order valence-electron chi connectivity index (χ2n) is 7.23. The number of nitrogens with one attached hydrogen (secondary N) is 1. The maximum absolute atomic E-state index is 13.6. The molecule has 6 heteroatoms. The average Bonchev–Trinajstić information content (AvgIpc) is 2.95. The molecule has 2 fully saturated rings. The zero-order chi connectivity index (χ0) is 18.0. The number of carbonyl (C=O) groups is 2. The van der Waals surface area contributed by atoms with E-state index in [9.17, 15) is 19.1 Å². The molecule has 0 aromatic heterocycles. The molecule has 136 valence electrons. The second kappa shape index (κ2) is 7.52. The number of amides is 1. The van der Waals surface area contributed by atoms with Crippen LogP contribution in [0.5, 0.6) is 0 Å². The third-order valence-electron chi connectivity index (χ3n) is 5.56. The van der Waals surface area contributed by atoms with E-state index in [4.69, 9.17) is 0 Å². The van der Waals surface area contributed by atoms with Crippen molar-refractivity contribution in [3.63, 3.8) is 0 Å². The van der Waals surface area contributed by atoms with Gasteiger partial charge in [-0.1, -0.05) is 25.0 Å². The SMILES string of the molecule is Cc1ccc(CNC(=O)CN2[C@@H]3CCCC[C@@H]3C[C@H]2C(=O)O)cc1F. The molecule has 3 atom stereocenters. The Morgan fingerprint density at radius 1 is 1.32 bits per heavy atom. The molecule has 5 nitrogen and oxygen atoms in total. The molecule has 1 aliphatic heterocycles. The van der Waals surface area contributed by atoms with E-state index in [2.05, 4.69) is 5.32 Å². The molecule has 1 aromatic rings. The Hall–Kier alpha value is -1.95. The minimum Gasteiger partial charge on any atom is -0.480 e. The number of hydrogen-bond donors (Lipinski definition) is 2. The van der Waals surface area contributed by atoms with Gasteiger partial charge in [0, 0.05) is 12.6 Å². The zero-order valence-electron chi connectivity index (χ0n) is 14.5. The van der Waals surface area contributed by atoms with Crippen molar-refractivity contribution in [1.82, 2.24) is 10.2 Å². The smallest absolute Gasteiger partial charge is 0.320 e. The van der Waals surface area contributed by atoms with E-state index in [1.54, 1.807) is 19.1 Å². The Balaban J connectivity index is 1.60. The van der Waals surface area contributed by atoms with E-state index in [0.717, 1.165) is 25.7 Å². The second-order valence-corrected chi connectivity index (χ2v) is 7.23. The van der Waals surface area contributed by atoms with E-state index in [1.165, 1.54) is 6.07 Å². The summed E-state index contributed by atoms with van der Waals surface area (Å²) >= 11 is 0. The van der Waals surface area contributed by atoms with E-state index >= 15 is 0 Å². The van der Waals surface area contributed by atoms with Crippen molar-refractivity contribution in [2.24, 2.45) is 5.92 Å². The lowest BCUT2D eigenvalue weighted by molar-refractivity contribution is -0.143. The fourth-order valence-electron chi connectivity index (χ4n) is 4.19. The fraction of sp³-hybridized carbons (Fsp3) is 0.579. The summed E-state index contributed by atoms with van der Waals surface area (Å²) in [5, 5.41) is 12.3. The quantitative estimate of drug-likeness (QED) is 0.858. The topological polar surface area (TPSA) is 69.6 Å². The Bertz CT molecular complexity index is 664. The monoisotopic (exact) mass is 348 g/mol. The van der Waals surface area contributed by atoms with Crippen LogP contribution in [0.4, 0.5) is 4.39 Å². The van der Waals surface area contributed by atoms with E-state index in [1.807, 2.05) is 4.90 Å². The van der Waals surface area contributed by atoms with Gasteiger partial charge in [0.25, 0.3) is 0 Å². The first-order valence-electron chi connectivity index (χ1n) is 8.96. The van der Waals surface area contributed by atoms with Gasteiger partial charge in [-0.3, -0.25) is 14.5 Å². The number of aliphatic carboxylic acids is 1. The predicted molar refractivity (Wildman–Crippen MR) is 91.5 cm³/mol. The van der Waals surface area contributed by atoms with Crippen LogP contribution in [0.3, 0.4) is 0 Å². The van der Waals surface area contributed by atoms with Gasteiger partial charge in [0.15, 0.2) is 0 Å². The van der Waals surface area contributed by atoms with Crippen molar-refractivity contribution in [3.8, 4) is 0 Å². The summed E-state index contributed by atoms with van der Waals surface area (Å²) in [5.41, 5.74) is 1.27. The van der Waals surface area contributed by atoms with Crippen LogP contribution in [0.15, 0.2) is 18.2 Å². The number of carboxylic acid groups (broad SMARTS) is 1. The Labute approximate surface area is 147 Å². The van der Waals surface area contributed by atoms with Gasteiger partial charge in [0.1, 0.15) is 11.9 Å². The van der Waals surface area contributed by atoms with Crippen molar-refractivity contribution in [2.45, 2.75) is 57.7 Å². The van der Waals surface area contributed by atoms with Gasteiger partial charge in [0.2, 0.25) is 5.91 Å². The normalized spacial score (nSPS) is 26.2. The van der Waals surface area contributed by atoms with Crippen LogP contribution in [0, 0.1) is 18.7 Å². The molecule has 1 aliphatic carbocycles. The molecular formula is C19H25FN2O3. The summed E-state index contributed by atoms with van der Waals surface area (Å²) < 4.78 is 13.6. The number of carbonyl (C=O) groups excluding carboxylic acids is 1. The largest absolute Gasteiger partial charge is 0.480 e. The molecule has 1 amide bonds. The molecule has 1 aromatic carbocycles. The number of aryl methyl sites for hydroxylation is 1. The summed E-state index contributed by atoms with van der Waals surface area (Å²) in [6.07, 6.45) is 4.89. The van der Waals surface area contributed by atoms with Crippen molar-refractivity contribution in [3.05, 3.63) is 35.1 Å². The van der Waals surface area contributed by atoms with Crippen LogP contribution >= 0.6 is 0 Å². The maximum Gasteiger partial charge on any atom is 0.320 e. The number of halogens is 1. The Kier molecular flexibility index (Phi) is 5.37. The third kappa shape index (κ3) is 4.00. The molecule has 1 saturated heterocycles. The molecule has 0 spiro atoms. The number of fused-ring (bicyclic) bond motifs is 1. The maximum atomic E-state index is 13.6. The van der Waals surface area contributed by atoms with Gasteiger partial charge < -0.3 is 10.4 Å². The van der Waals surface area contributed by atoms with Gasteiger partial charge in [-0.05, 0) is 49.3 Å². The molecule has 0 radical (unpaired) electrons. The average molecular weight is 348 g/mol. The van der Waals surface area contributed by atoms with Gasteiger partial charge in [-0.2, -0.15) is 0 Å². The highest BCUT2D eigenvalue weighted by atomic mass is 19.1.